The van der Waals surface area contributed by atoms with Gasteiger partial charge in [0, 0.05) is 18.6 Å². The number of nitrogens with one attached hydrogen (secondary N) is 1. The average molecular weight is 156 g/mol. The Bertz CT molecular complexity index is 106. The Morgan fingerprint density at radius 2 is 2.27 bits per heavy atom. The highest BCUT2D eigenvalue weighted by atomic mass is 15.1. The summed E-state index contributed by atoms with van der Waals surface area (Å²) in [6, 6.07) is 1.43. The van der Waals surface area contributed by atoms with Crippen LogP contribution in [-0.2, 0) is 0 Å². The Kier molecular flexibility index (Phi) is 3.34. The van der Waals surface area contributed by atoms with Crippen LogP contribution in [0.4, 0.5) is 0 Å². The van der Waals surface area contributed by atoms with E-state index in [1.54, 1.807) is 0 Å². The van der Waals surface area contributed by atoms with Crippen molar-refractivity contribution in [3.63, 3.8) is 0 Å². The lowest BCUT2D eigenvalue weighted by Gasteiger charge is -2.24. The van der Waals surface area contributed by atoms with Gasteiger partial charge in [-0.1, -0.05) is 0 Å². The summed E-state index contributed by atoms with van der Waals surface area (Å²) in [6.07, 6.45) is 2.72. The van der Waals surface area contributed by atoms with E-state index in [9.17, 15) is 0 Å². The van der Waals surface area contributed by atoms with E-state index in [0.717, 1.165) is 6.04 Å². The largest absolute Gasteiger partial charge is 0.313 e. The van der Waals surface area contributed by atoms with E-state index in [-0.39, 0.29) is 0 Å². The molecule has 1 atom stereocenters. The van der Waals surface area contributed by atoms with Crippen molar-refractivity contribution >= 4 is 0 Å². The molecule has 2 nitrogen and oxygen atoms in total. The van der Waals surface area contributed by atoms with Crippen LogP contribution in [0.1, 0.15) is 26.7 Å². The normalized spacial score (nSPS) is 25.4. The highest BCUT2D eigenvalue weighted by Gasteiger charge is 2.16. The minimum Gasteiger partial charge on any atom is -0.313 e. The number of nitrogens with zero attached hydrogens (tertiary/aromatic N) is 1. The summed E-state index contributed by atoms with van der Waals surface area (Å²) in [5, 5.41) is 3.50. The van der Waals surface area contributed by atoms with Crippen molar-refractivity contribution in [3.05, 3.63) is 0 Å². The third-order valence-corrected chi connectivity index (χ3v) is 2.55. The van der Waals surface area contributed by atoms with Crippen molar-refractivity contribution < 1.29 is 0 Å². The van der Waals surface area contributed by atoms with E-state index in [0.29, 0.717) is 6.04 Å². The van der Waals surface area contributed by atoms with Gasteiger partial charge >= 0.3 is 0 Å². The maximum Gasteiger partial charge on any atom is 0.0195 e. The Hall–Kier alpha value is -0.0800. The van der Waals surface area contributed by atoms with Crippen molar-refractivity contribution in [1.29, 1.82) is 0 Å². The van der Waals surface area contributed by atoms with E-state index in [1.807, 2.05) is 0 Å². The smallest absolute Gasteiger partial charge is 0.0195 e. The van der Waals surface area contributed by atoms with Crippen LogP contribution in [0.15, 0.2) is 0 Å². The van der Waals surface area contributed by atoms with Crippen LogP contribution in [-0.4, -0.2) is 37.1 Å². The standard InChI is InChI=1S/C9H20N2/c1-8(2)11(3)7-9-5-4-6-10-9/h8-10H,4-7H2,1-3H3/t9-/m0/s1. The fourth-order valence-corrected chi connectivity index (χ4v) is 1.47. The quantitative estimate of drug-likeness (QED) is 0.658. The summed E-state index contributed by atoms with van der Waals surface area (Å²) in [4.78, 5) is 2.41. The molecule has 1 N–H and O–H groups in total. The van der Waals surface area contributed by atoms with Crippen molar-refractivity contribution in [3.8, 4) is 0 Å². The molecule has 1 aliphatic rings. The number of likely N-dealkylation sites (N-methyl/N-ethyl adjacent to an activating group) is 1. The molecule has 0 aromatic carbocycles. The topological polar surface area (TPSA) is 15.3 Å². The van der Waals surface area contributed by atoms with Gasteiger partial charge in [0.2, 0.25) is 0 Å². The van der Waals surface area contributed by atoms with Crippen LogP contribution >= 0.6 is 0 Å². The molecule has 0 aromatic rings. The van der Waals surface area contributed by atoms with Gasteiger partial charge < -0.3 is 10.2 Å². The molecule has 0 aromatic heterocycles. The summed E-state index contributed by atoms with van der Waals surface area (Å²) in [7, 11) is 2.20. The first-order valence-corrected chi connectivity index (χ1v) is 4.64. The predicted molar refractivity (Wildman–Crippen MR) is 48.8 cm³/mol. The number of rotatable bonds is 3. The van der Waals surface area contributed by atoms with E-state index < -0.39 is 0 Å². The zero-order valence-electron chi connectivity index (χ0n) is 7.93. The average Bonchev–Trinajstić information content (AvgIpc) is 2.39. The summed E-state index contributed by atoms with van der Waals surface area (Å²) in [5.74, 6) is 0. The van der Waals surface area contributed by atoms with Gasteiger partial charge in [-0.05, 0) is 40.3 Å². The third kappa shape index (κ3) is 2.80. The van der Waals surface area contributed by atoms with Gasteiger partial charge in [0.05, 0.1) is 0 Å². The van der Waals surface area contributed by atoms with Crippen LogP contribution in [0.2, 0.25) is 0 Å². The van der Waals surface area contributed by atoms with Crippen LogP contribution in [0.5, 0.6) is 0 Å². The lowest BCUT2D eigenvalue weighted by molar-refractivity contribution is 0.249. The highest BCUT2D eigenvalue weighted by Crippen LogP contribution is 2.07. The molecule has 0 unspecified atom stereocenters. The first-order valence-electron chi connectivity index (χ1n) is 4.64. The molecule has 0 spiro atoms. The summed E-state index contributed by atoms with van der Waals surface area (Å²) in [6.45, 7) is 6.91. The molecule has 1 rings (SSSR count). The molecule has 1 fully saturated rings. The van der Waals surface area contributed by atoms with Gasteiger partial charge in [-0.2, -0.15) is 0 Å². The molecular formula is C9H20N2. The molecule has 1 aliphatic heterocycles. The van der Waals surface area contributed by atoms with Crippen LogP contribution in [0.3, 0.4) is 0 Å². The molecule has 0 bridgehead atoms. The Balaban J connectivity index is 2.18. The molecule has 1 saturated heterocycles. The Morgan fingerprint density at radius 1 is 1.55 bits per heavy atom. The summed E-state index contributed by atoms with van der Waals surface area (Å²) in [5.41, 5.74) is 0. The fourth-order valence-electron chi connectivity index (χ4n) is 1.47. The van der Waals surface area contributed by atoms with Gasteiger partial charge in [-0.15, -0.1) is 0 Å². The summed E-state index contributed by atoms with van der Waals surface area (Å²) < 4.78 is 0. The first kappa shape index (κ1) is 9.01. The van der Waals surface area contributed by atoms with E-state index in [2.05, 4.69) is 31.1 Å². The van der Waals surface area contributed by atoms with Gasteiger partial charge in [0.1, 0.15) is 0 Å². The molecular weight excluding hydrogens is 136 g/mol. The van der Waals surface area contributed by atoms with Crippen LogP contribution in [0.25, 0.3) is 0 Å². The predicted octanol–water partition coefficient (Wildman–Crippen LogP) is 1.08. The van der Waals surface area contributed by atoms with Gasteiger partial charge in [-0.25, -0.2) is 0 Å². The highest BCUT2D eigenvalue weighted by molar-refractivity contribution is 4.77. The van der Waals surface area contributed by atoms with Gasteiger partial charge in [0.25, 0.3) is 0 Å². The second kappa shape index (κ2) is 4.07. The minimum absolute atomic E-state index is 0.678. The van der Waals surface area contributed by atoms with Gasteiger partial charge in [0.15, 0.2) is 0 Å². The molecule has 11 heavy (non-hydrogen) atoms. The maximum atomic E-state index is 3.50. The monoisotopic (exact) mass is 156 g/mol. The fraction of sp³-hybridized carbons (Fsp3) is 1.00. The Morgan fingerprint density at radius 3 is 2.73 bits per heavy atom. The van der Waals surface area contributed by atoms with Crippen molar-refractivity contribution in [2.24, 2.45) is 0 Å². The van der Waals surface area contributed by atoms with Crippen LogP contribution < -0.4 is 5.32 Å². The maximum absolute atomic E-state index is 3.50. The van der Waals surface area contributed by atoms with Crippen molar-refractivity contribution in [2.45, 2.75) is 38.8 Å². The molecule has 0 saturated carbocycles. The third-order valence-electron chi connectivity index (χ3n) is 2.55. The molecule has 0 radical (unpaired) electrons. The SMILES string of the molecule is CC(C)N(C)C[C@@H]1CCCN1. The van der Waals surface area contributed by atoms with Crippen molar-refractivity contribution in [2.75, 3.05) is 20.1 Å². The van der Waals surface area contributed by atoms with Crippen LogP contribution in [0, 0.1) is 0 Å². The molecule has 66 valence electrons. The zero-order chi connectivity index (χ0) is 8.27. The molecule has 1 heterocycles. The Labute approximate surface area is 70.0 Å². The lowest BCUT2D eigenvalue weighted by Crippen LogP contribution is -2.38. The van der Waals surface area contributed by atoms with E-state index in [4.69, 9.17) is 0 Å². The van der Waals surface area contributed by atoms with Crippen molar-refractivity contribution in [1.82, 2.24) is 10.2 Å². The molecule has 0 amide bonds. The lowest BCUT2D eigenvalue weighted by atomic mass is 10.2. The van der Waals surface area contributed by atoms with E-state index >= 15 is 0 Å². The minimum atomic E-state index is 0.678. The molecule has 0 aliphatic carbocycles. The second-order valence-electron chi connectivity index (χ2n) is 3.83. The molecule has 2 heteroatoms. The zero-order valence-corrected chi connectivity index (χ0v) is 7.93. The number of hydrogen-bond acceptors (Lipinski definition) is 2. The number of hydrogen-bond donors (Lipinski definition) is 1. The van der Waals surface area contributed by atoms with E-state index in [1.165, 1.54) is 25.9 Å². The van der Waals surface area contributed by atoms with Gasteiger partial charge in [-0.3, -0.25) is 0 Å². The summed E-state index contributed by atoms with van der Waals surface area (Å²) >= 11 is 0. The second-order valence-corrected chi connectivity index (χ2v) is 3.83. The first-order chi connectivity index (χ1) is 5.20.